The number of rotatable bonds is 5. The Morgan fingerprint density at radius 1 is 0.970 bits per heavy atom. The van der Waals surface area contributed by atoms with Crippen molar-refractivity contribution in [2.75, 3.05) is 6.54 Å². The molecule has 4 rings (SSSR count). The lowest BCUT2D eigenvalue weighted by Crippen LogP contribution is -2.40. The molecule has 0 unspecified atom stereocenters. The number of carbonyl (C=O) groups excluding carboxylic acids is 2. The minimum Gasteiger partial charge on any atom is -0.295 e. The van der Waals surface area contributed by atoms with Crippen LogP contribution in [0.4, 0.5) is 0 Å². The number of benzene rings is 1. The number of carbonyl (C=O) groups is 2. The molecule has 170 valence electrons. The average Bonchev–Trinajstić information content (AvgIpc) is 3.19. The van der Waals surface area contributed by atoms with Gasteiger partial charge in [-0.3, -0.25) is 24.4 Å². The molecule has 0 radical (unpaired) electrons. The highest BCUT2D eigenvalue weighted by molar-refractivity contribution is 6.44. The van der Waals surface area contributed by atoms with E-state index in [9.17, 15) is 14.4 Å². The maximum Gasteiger partial charge on any atom is 0.326 e. The molecule has 0 saturated carbocycles. The van der Waals surface area contributed by atoms with Gasteiger partial charge in [0.1, 0.15) is 5.57 Å². The molecular formula is C24H23Cl2N4O3+. The minimum absolute atomic E-state index is 0.0827. The minimum atomic E-state index is -0.483. The number of imide groups is 1. The van der Waals surface area contributed by atoms with E-state index in [-0.39, 0.29) is 23.4 Å². The first-order chi connectivity index (χ1) is 15.6. The number of amides is 2. The van der Waals surface area contributed by atoms with Gasteiger partial charge in [-0.05, 0) is 51.0 Å². The number of halogens is 2. The summed E-state index contributed by atoms with van der Waals surface area (Å²) in [6, 6.07) is 6.67. The lowest BCUT2D eigenvalue weighted by atomic mass is 10.1. The molecule has 0 saturated heterocycles. The number of aromatic nitrogens is 3. The van der Waals surface area contributed by atoms with Crippen LogP contribution in [0.5, 0.6) is 0 Å². The molecule has 1 aliphatic rings. The molecule has 33 heavy (non-hydrogen) atoms. The van der Waals surface area contributed by atoms with Gasteiger partial charge in [-0.1, -0.05) is 30.1 Å². The molecule has 0 atom stereocenters. The van der Waals surface area contributed by atoms with E-state index < -0.39 is 17.4 Å². The van der Waals surface area contributed by atoms with Gasteiger partial charge in [0.05, 0.1) is 21.3 Å². The van der Waals surface area contributed by atoms with Crippen LogP contribution in [0.3, 0.4) is 0 Å². The van der Waals surface area contributed by atoms with Crippen LogP contribution in [0.25, 0.3) is 17.0 Å². The number of pyridine rings is 1. The van der Waals surface area contributed by atoms with Crippen molar-refractivity contribution in [3.05, 3.63) is 79.4 Å². The first-order valence-corrected chi connectivity index (χ1v) is 11.3. The number of hydrogen-bond donors (Lipinski definition) is 1. The smallest absolute Gasteiger partial charge is 0.295 e. The molecule has 0 spiro atoms. The van der Waals surface area contributed by atoms with Gasteiger partial charge in [-0.2, -0.15) is 4.57 Å². The van der Waals surface area contributed by atoms with Crippen molar-refractivity contribution in [1.82, 2.24) is 14.7 Å². The molecule has 7 nitrogen and oxygen atoms in total. The molecule has 1 N–H and O–H groups in total. The lowest BCUT2D eigenvalue weighted by Gasteiger charge is -2.11. The molecule has 0 aliphatic carbocycles. The predicted molar refractivity (Wildman–Crippen MR) is 127 cm³/mol. The summed E-state index contributed by atoms with van der Waals surface area (Å²) in [6.07, 6.45) is 4.14. The SMILES string of the molecule is CCCN1C(=O)C(c2c(C)[nH]n(-c3ccc(Cl)c(Cl)c3)c2=O)=C([n+]2ccc(C)c(C)c2)C1=O. The number of H-pyrrole nitrogens is 1. The average molecular weight is 486 g/mol. The Labute approximate surface area is 200 Å². The molecule has 2 amide bonds. The highest BCUT2D eigenvalue weighted by Gasteiger charge is 2.46. The Morgan fingerprint density at radius 2 is 1.70 bits per heavy atom. The largest absolute Gasteiger partial charge is 0.326 e. The van der Waals surface area contributed by atoms with Crippen molar-refractivity contribution in [2.45, 2.75) is 34.1 Å². The number of aryl methyl sites for hydroxylation is 3. The zero-order valence-electron chi connectivity index (χ0n) is 18.7. The van der Waals surface area contributed by atoms with Crippen LogP contribution in [0.15, 0.2) is 41.5 Å². The Kier molecular flexibility index (Phi) is 6.03. The van der Waals surface area contributed by atoms with E-state index >= 15 is 0 Å². The van der Waals surface area contributed by atoms with E-state index in [0.29, 0.717) is 27.8 Å². The number of nitrogens with zero attached hydrogens (tertiary/aromatic N) is 3. The molecule has 3 heterocycles. The van der Waals surface area contributed by atoms with Crippen LogP contribution in [0.2, 0.25) is 10.0 Å². The monoisotopic (exact) mass is 485 g/mol. The van der Waals surface area contributed by atoms with Gasteiger partial charge >= 0.3 is 5.91 Å². The second-order valence-corrected chi connectivity index (χ2v) is 8.87. The summed E-state index contributed by atoms with van der Waals surface area (Å²) in [6.45, 7) is 7.74. The highest BCUT2D eigenvalue weighted by Crippen LogP contribution is 2.30. The van der Waals surface area contributed by atoms with Crippen LogP contribution in [0.1, 0.15) is 35.7 Å². The summed E-state index contributed by atoms with van der Waals surface area (Å²) in [5.74, 6) is -0.908. The Morgan fingerprint density at radius 3 is 2.33 bits per heavy atom. The van der Waals surface area contributed by atoms with Crippen molar-refractivity contribution in [3.63, 3.8) is 0 Å². The van der Waals surface area contributed by atoms with Gasteiger partial charge in [-0.25, -0.2) is 4.68 Å². The summed E-state index contributed by atoms with van der Waals surface area (Å²) >= 11 is 12.1. The van der Waals surface area contributed by atoms with Crippen molar-refractivity contribution in [2.24, 2.45) is 0 Å². The van der Waals surface area contributed by atoms with Gasteiger partial charge < -0.3 is 0 Å². The maximum absolute atomic E-state index is 13.5. The van der Waals surface area contributed by atoms with Crippen molar-refractivity contribution in [3.8, 4) is 5.69 Å². The fraction of sp³-hybridized carbons (Fsp3) is 0.250. The molecule has 1 aliphatic heterocycles. The number of aromatic amines is 1. The van der Waals surface area contributed by atoms with E-state index in [1.54, 1.807) is 42.1 Å². The van der Waals surface area contributed by atoms with Crippen LogP contribution in [-0.2, 0) is 9.59 Å². The Bertz CT molecular complexity index is 1400. The molecule has 1 aromatic carbocycles. The van der Waals surface area contributed by atoms with Gasteiger partial charge in [0.25, 0.3) is 17.2 Å². The second-order valence-electron chi connectivity index (χ2n) is 8.05. The Hall–Kier alpha value is -3.16. The van der Waals surface area contributed by atoms with E-state index in [4.69, 9.17) is 23.2 Å². The third kappa shape index (κ3) is 3.81. The van der Waals surface area contributed by atoms with Crippen LogP contribution >= 0.6 is 23.2 Å². The highest BCUT2D eigenvalue weighted by atomic mass is 35.5. The van der Waals surface area contributed by atoms with Crippen molar-refractivity contribution >= 4 is 46.3 Å². The quantitative estimate of drug-likeness (QED) is 0.440. The fourth-order valence-electron chi connectivity index (χ4n) is 3.92. The molecule has 0 fully saturated rings. The molecule has 2 aromatic heterocycles. The van der Waals surface area contributed by atoms with Crippen molar-refractivity contribution < 1.29 is 14.2 Å². The summed E-state index contributed by atoms with van der Waals surface area (Å²) in [7, 11) is 0. The number of nitrogens with one attached hydrogen (secondary N) is 1. The normalized spacial score (nSPS) is 14.1. The third-order valence-electron chi connectivity index (χ3n) is 5.77. The molecule has 9 heteroatoms. The van der Waals surface area contributed by atoms with E-state index in [1.165, 1.54) is 9.58 Å². The van der Waals surface area contributed by atoms with Gasteiger partial charge in [0.15, 0.2) is 12.4 Å². The van der Waals surface area contributed by atoms with E-state index in [2.05, 4.69) is 5.10 Å². The van der Waals surface area contributed by atoms with E-state index in [1.807, 2.05) is 26.8 Å². The summed E-state index contributed by atoms with van der Waals surface area (Å²) in [5.41, 5.74) is 2.87. The van der Waals surface area contributed by atoms with Gasteiger partial charge in [0.2, 0.25) is 0 Å². The van der Waals surface area contributed by atoms with Gasteiger partial charge in [-0.15, -0.1) is 0 Å². The first kappa shape index (κ1) is 23.0. The summed E-state index contributed by atoms with van der Waals surface area (Å²) in [4.78, 5) is 41.5. The van der Waals surface area contributed by atoms with Crippen LogP contribution < -0.4 is 10.1 Å². The number of hydrogen-bond acceptors (Lipinski definition) is 3. The third-order valence-corrected chi connectivity index (χ3v) is 6.51. The summed E-state index contributed by atoms with van der Waals surface area (Å²) in [5, 5.41) is 3.66. The van der Waals surface area contributed by atoms with Gasteiger partial charge in [0, 0.05) is 23.9 Å². The van der Waals surface area contributed by atoms with Crippen molar-refractivity contribution in [1.29, 1.82) is 0 Å². The molecular weight excluding hydrogens is 463 g/mol. The lowest BCUT2D eigenvalue weighted by molar-refractivity contribution is -0.577. The maximum atomic E-state index is 13.5. The topological polar surface area (TPSA) is 79.1 Å². The Balaban J connectivity index is 1.98. The fourth-order valence-corrected chi connectivity index (χ4v) is 4.21. The van der Waals surface area contributed by atoms with E-state index in [0.717, 1.165) is 11.1 Å². The summed E-state index contributed by atoms with van der Waals surface area (Å²) < 4.78 is 2.92. The zero-order valence-corrected chi connectivity index (χ0v) is 20.2. The molecule has 3 aromatic rings. The van der Waals surface area contributed by atoms with Crippen LogP contribution in [-0.4, -0.2) is 33.0 Å². The molecule has 0 bridgehead atoms. The van der Waals surface area contributed by atoms with Crippen LogP contribution in [0, 0.1) is 20.8 Å². The first-order valence-electron chi connectivity index (χ1n) is 10.5. The standard InChI is InChI=1S/C24H22Cl2N4O3/c1-5-9-29-22(31)20(21(24(29)33)28-10-8-13(2)14(3)12-28)19-15(4)27-30(23(19)32)16-6-7-17(25)18(26)11-16/h6-8,10-12H,5,9H2,1-4H3/p+1. The second kappa shape index (κ2) is 8.65. The zero-order chi connectivity index (χ0) is 24.0. The predicted octanol–water partition coefficient (Wildman–Crippen LogP) is 3.83.